The van der Waals surface area contributed by atoms with Crippen LogP contribution in [0.25, 0.3) is 0 Å². The Bertz CT molecular complexity index is 474. The molecule has 0 aliphatic heterocycles. The molecule has 0 saturated carbocycles. The molecule has 0 radical (unpaired) electrons. The summed E-state index contributed by atoms with van der Waals surface area (Å²) >= 11 is 6.28. The Morgan fingerprint density at radius 3 is 2.44 bits per heavy atom. The second-order valence-corrected chi connectivity index (χ2v) is 5.37. The summed E-state index contributed by atoms with van der Waals surface area (Å²) in [5.41, 5.74) is 3.08. The van der Waals surface area contributed by atoms with E-state index in [0.717, 1.165) is 27.5 Å². The van der Waals surface area contributed by atoms with Gasteiger partial charge in [0, 0.05) is 5.02 Å². The largest absolute Gasteiger partial charge is 0.496 e. The zero-order valence-electron chi connectivity index (χ0n) is 11.7. The second kappa shape index (κ2) is 6.11. The van der Waals surface area contributed by atoms with Gasteiger partial charge in [-0.05, 0) is 48.9 Å². The van der Waals surface area contributed by atoms with Crippen molar-refractivity contribution in [3.63, 3.8) is 0 Å². The van der Waals surface area contributed by atoms with Crippen LogP contribution in [0.2, 0.25) is 5.02 Å². The van der Waals surface area contributed by atoms with Crippen LogP contribution in [-0.4, -0.2) is 7.11 Å². The number of methoxy groups -OCH3 is 1. The minimum atomic E-state index is -0.0172. The summed E-state index contributed by atoms with van der Waals surface area (Å²) in [7, 11) is 1.66. The van der Waals surface area contributed by atoms with Crippen molar-refractivity contribution in [1.29, 1.82) is 5.26 Å². The molecule has 1 unspecified atom stereocenters. The van der Waals surface area contributed by atoms with Gasteiger partial charge in [-0.1, -0.05) is 25.4 Å². The molecule has 1 aromatic rings. The third-order valence-corrected chi connectivity index (χ3v) is 3.97. The maximum atomic E-state index is 9.21. The number of hydrogen-bond acceptors (Lipinski definition) is 2. The van der Waals surface area contributed by atoms with Gasteiger partial charge in [0.2, 0.25) is 0 Å². The SMILES string of the molecule is COc1cc(C)c(Cl)c(C)c1CC(C#N)C(C)C. The number of aryl methyl sites for hydroxylation is 1. The van der Waals surface area contributed by atoms with Crippen LogP contribution >= 0.6 is 11.6 Å². The van der Waals surface area contributed by atoms with Crippen molar-refractivity contribution in [2.75, 3.05) is 7.11 Å². The van der Waals surface area contributed by atoms with Crippen LogP contribution in [-0.2, 0) is 6.42 Å². The topological polar surface area (TPSA) is 33.0 Å². The van der Waals surface area contributed by atoms with Gasteiger partial charge in [0.1, 0.15) is 5.75 Å². The van der Waals surface area contributed by atoms with Crippen LogP contribution in [0.15, 0.2) is 6.07 Å². The first kappa shape index (κ1) is 14.9. The molecule has 18 heavy (non-hydrogen) atoms. The Labute approximate surface area is 115 Å². The first-order valence-corrected chi connectivity index (χ1v) is 6.52. The van der Waals surface area contributed by atoms with E-state index in [2.05, 4.69) is 19.9 Å². The summed E-state index contributed by atoms with van der Waals surface area (Å²) in [6.45, 7) is 8.07. The van der Waals surface area contributed by atoms with Crippen molar-refractivity contribution >= 4 is 11.6 Å². The number of halogens is 1. The number of nitrogens with zero attached hydrogens (tertiary/aromatic N) is 1. The van der Waals surface area contributed by atoms with Crippen molar-refractivity contribution < 1.29 is 4.74 Å². The first-order chi connectivity index (χ1) is 8.42. The van der Waals surface area contributed by atoms with Gasteiger partial charge in [-0.2, -0.15) is 5.26 Å². The van der Waals surface area contributed by atoms with Gasteiger partial charge in [-0.3, -0.25) is 0 Å². The van der Waals surface area contributed by atoms with Gasteiger partial charge >= 0.3 is 0 Å². The smallest absolute Gasteiger partial charge is 0.122 e. The molecule has 0 amide bonds. The summed E-state index contributed by atoms with van der Waals surface area (Å²) in [5.74, 6) is 1.13. The molecule has 0 bridgehead atoms. The van der Waals surface area contributed by atoms with E-state index < -0.39 is 0 Å². The fraction of sp³-hybridized carbons (Fsp3) is 0.533. The fourth-order valence-electron chi connectivity index (χ4n) is 2.05. The normalized spacial score (nSPS) is 12.3. The summed E-state index contributed by atoms with van der Waals surface area (Å²) in [6.07, 6.45) is 0.684. The molecular weight excluding hydrogens is 246 g/mol. The average molecular weight is 266 g/mol. The molecule has 1 atom stereocenters. The standard InChI is InChI=1S/C15H20ClNO/c1-9(2)12(8-17)7-13-11(4)15(16)10(3)6-14(13)18-5/h6,9,12H,7H2,1-5H3. The van der Waals surface area contributed by atoms with Gasteiger partial charge < -0.3 is 4.74 Å². The highest BCUT2D eigenvalue weighted by atomic mass is 35.5. The molecule has 0 aromatic heterocycles. The zero-order chi connectivity index (χ0) is 13.9. The Morgan fingerprint density at radius 1 is 1.39 bits per heavy atom. The van der Waals surface area contributed by atoms with E-state index >= 15 is 0 Å². The highest BCUT2D eigenvalue weighted by Crippen LogP contribution is 2.34. The van der Waals surface area contributed by atoms with E-state index in [1.807, 2.05) is 19.9 Å². The lowest BCUT2D eigenvalue weighted by atomic mass is 9.88. The molecule has 0 aliphatic carbocycles. The summed E-state index contributed by atoms with van der Waals surface area (Å²) in [5, 5.41) is 9.98. The van der Waals surface area contributed by atoms with E-state index in [1.165, 1.54) is 0 Å². The molecule has 0 spiro atoms. The molecule has 0 aliphatic rings. The van der Waals surface area contributed by atoms with Gasteiger partial charge in [0.25, 0.3) is 0 Å². The lowest BCUT2D eigenvalue weighted by Crippen LogP contribution is -2.11. The van der Waals surface area contributed by atoms with Gasteiger partial charge in [-0.25, -0.2) is 0 Å². The van der Waals surface area contributed by atoms with E-state index in [0.29, 0.717) is 12.3 Å². The van der Waals surface area contributed by atoms with Gasteiger partial charge in [0.05, 0.1) is 19.1 Å². The predicted octanol–water partition coefficient (Wildman–Crippen LogP) is 4.30. The van der Waals surface area contributed by atoms with Crippen molar-refractivity contribution in [2.24, 2.45) is 11.8 Å². The molecule has 98 valence electrons. The van der Waals surface area contributed by atoms with Crippen LogP contribution in [0.3, 0.4) is 0 Å². The Hall–Kier alpha value is -1.20. The highest BCUT2D eigenvalue weighted by molar-refractivity contribution is 6.32. The van der Waals surface area contributed by atoms with Crippen LogP contribution in [0.1, 0.15) is 30.5 Å². The van der Waals surface area contributed by atoms with Crippen molar-refractivity contribution in [2.45, 2.75) is 34.1 Å². The molecule has 0 saturated heterocycles. The third-order valence-electron chi connectivity index (χ3n) is 3.39. The van der Waals surface area contributed by atoms with E-state index in [1.54, 1.807) is 7.11 Å². The number of benzene rings is 1. The zero-order valence-corrected chi connectivity index (χ0v) is 12.4. The maximum Gasteiger partial charge on any atom is 0.122 e. The second-order valence-electron chi connectivity index (χ2n) is 5.00. The number of ether oxygens (including phenoxy) is 1. The summed E-state index contributed by atoms with van der Waals surface area (Å²) in [4.78, 5) is 0. The van der Waals surface area contributed by atoms with E-state index in [-0.39, 0.29) is 5.92 Å². The minimum absolute atomic E-state index is 0.0172. The molecule has 0 fully saturated rings. The van der Waals surface area contributed by atoms with Crippen LogP contribution in [0, 0.1) is 37.0 Å². The van der Waals surface area contributed by atoms with Crippen LogP contribution in [0.5, 0.6) is 5.75 Å². The molecule has 2 nitrogen and oxygen atoms in total. The predicted molar refractivity (Wildman–Crippen MR) is 75.1 cm³/mol. The van der Waals surface area contributed by atoms with Crippen molar-refractivity contribution in [3.05, 3.63) is 27.8 Å². The lowest BCUT2D eigenvalue weighted by Gasteiger charge is -2.19. The molecule has 1 aromatic carbocycles. The molecule has 3 heteroatoms. The monoisotopic (exact) mass is 265 g/mol. The van der Waals surface area contributed by atoms with E-state index in [4.69, 9.17) is 16.3 Å². The Kier molecular flexibility index (Phi) is 5.04. The molecule has 0 heterocycles. The molecule has 0 N–H and O–H groups in total. The summed E-state index contributed by atoms with van der Waals surface area (Å²) < 4.78 is 5.42. The summed E-state index contributed by atoms with van der Waals surface area (Å²) in [6, 6.07) is 4.31. The quantitative estimate of drug-likeness (QED) is 0.813. The third kappa shape index (κ3) is 2.97. The van der Waals surface area contributed by atoms with Gasteiger partial charge in [-0.15, -0.1) is 0 Å². The Morgan fingerprint density at radius 2 is 2.00 bits per heavy atom. The fourth-order valence-corrected chi connectivity index (χ4v) is 2.21. The first-order valence-electron chi connectivity index (χ1n) is 6.14. The maximum absolute atomic E-state index is 9.21. The average Bonchev–Trinajstić information content (AvgIpc) is 2.34. The minimum Gasteiger partial charge on any atom is -0.496 e. The highest BCUT2D eigenvalue weighted by Gasteiger charge is 2.19. The molecular formula is C15H20ClNO. The van der Waals surface area contributed by atoms with Crippen molar-refractivity contribution in [3.8, 4) is 11.8 Å². The lowest BCUT2D eigenvalue weighted by molar-refractivity contribution is 0.400. The number of rotatable bonds is 4. The Balaban J connectivity index is 3.23. The van der Waals surface area contributed by atoms with Crippen molar-refractivity contribution in [1.82, 2.24) is 0 Å². The van der Waals surface area contributed by atoms with E-state index in [9.17, 15) is 5.26 Å². The van der Waals surface area contributed by atoms with Gasteiger partial charge in [0.15, 0.2) is 0 Å². The molecule has 1 rings (SSSR count). The number of hydrogen-bond donors (Lipinski definition) is 0. The van der Waals surface area contributed by atoms with Crippen LogP contribution in [0.4, 0.5) is 0 Å². The van der Waals surface area contributed by atoms with Crippen LogP contribution < -0.4 is 4.74 Å². The number of nitriles is 1.